The number of nitrogens with zero attached hydrogens (tertiary/aromatic N) is 4. The van der Waals surface area contributed by atoms with Gasteiger partial charge in [0.05, 0.1) is 7.11 Å². The van der Waals surface area contributed by atoms with Gasteiger partial charge >= 0.3 is 51.4 Å². The van der Waals surface area contributed by atoms with Gasteiger partial charge in [0.15, 0.2) is 0 Å². The number of likely N-dealkylation sites (N-methyl/N-ethyl adjacent to an activating group) is 1. The van der Waals surface area contributed by atoms with Crippen LogP contribution in [0.2, 0.25) is 0 Å². The summed E-state index contributed by atoms with van der Waals surface area (Å²) in [6, 6.07) is 0.687. The van der Waals surface area contributed by atoms with Crippen molar-refractivity contribution in [3.8, 4) is 23.7 Å². The number of aromatic nitrogens is 1. The van der Waals surface area contributed by atoms with Crippen molar-refractivity contribution in [3.63, 3.8) is 0 Å². The van der Waals surface area contributed by atoms with Crippen molar-refractivity contribution in [3.05, 3.63) is 46.9 Å². The zero-order valence-corrected chi connectivity index (χ0v) is 27.9. The van der Waals surface area contributed by atoms with Crippen LogP contribution in [-0.2, 0) is 4.74 Å². The van der Waals surface area contributed by atoms with Crippen LogP contribution in [0.4, 0.5) is 14.5 Å². The molecule has 3 heterocycles. The van der Waals surface area contributed by atoms with Gasteiger partial charge in [-0.1, -0.05) is 17.8 Å². The van der Waals surface area contributed by atoms with Crippen molar-refractivity contribution in [2.75, 3.05) is 41.3 Å². The quantitative estimate of drug-likeness (QED) is 0.266. The number of nitrogens with two attached hydrogens (primary N) is 1. The second kappa shape index (κ2) is 15.9. The summed E-state index contributed by atoms with van der Waals surface area (Å²) in [6.07, 6.45) is 6.57. The minimum Gasteiger partial charge on any atom is -0.660 e. The number of ether oxygens (including phenoxy) is 1. The molecule has 3 N–H and O–H groups in total. The number of halogens is 2. The number of nitrogens with one attached hydrogen (secondary N) is 1. The maximum Gasteiger partial charge on any atom is 1.00 e. The number of methoxy groups -OCH3 is 1. The van der Waals surface area contributed by atoms with E-state index in [9.17, 15) is 8.78 Å². The third-order valence-electron chi connectivity index (χ3n) is 6.87. The van der Waals surface area contributed by atoms with Crippen LogP contribution in [0.1, 0.15) is 36.9 Å². The largest absolute Gasteiger partial charge is 1.00 e. The first-order valence-corrected chi connectivity index (χ1v) is 14.2. The maximum absolute atomic E-state index is 13.9. The van der Waals surface area contributed by atoms with E-state index in [2.05, 4.69) is 45.9 Å². The molecule has 0 amide bonds. The summed E-state index contributed by atoms with van der Waals surface area (Å²) >= 11 is 1.38. The van der Waals surface area contributed by atoms with E-state index in [4.69, 9.17) is 15.8 Å². The molecular formula is C29H37F2KN6OS. The third kappa shape index (κ3) is 9.45. The Bertz CT molecular complexity index is 1200. The van der Waals surface area contributed by atoms with Crippen LogP contribution in [0.5, 0.6) is 0 Å². The van der Waals surface area contributed by atoms with Gasteiger partial charge in [0, 0.05) is 43.4 Å². The predicted molar refractivity (Wildman–Crippen MR) is 154 cm³/mol. The summed E-state index contributed by atoms with van der Waals surface area (Å²) in [7, 11) is 7.06. The van der Waals surface area contributed by atoms with Crippen molar-refractivity contribution >= 4 is 23.0 Å². The Hall–Kier alpha value is -1.12. The molecule has 0 aromatic carbocycles. The van der Waals surface area contributed by atoms with Gasteiger partial charge in [-0.05, 0) is 75.4 Å². The van der Waals surface area contributed by atoms with Crippen molar-refractivity contribution in [1.82, 2.24) is 20.1 Å². The Kier molecular flexibility index (Phi) is 13.3. The number of hydrogen-bond acceptors (Lipinski definition) is 7. The fraction of sp³-hybridized carbons (Fsp3) is 0.552. The van der Waals surface area contributed by atoms with Gasteiger partial charge < -0.3 is 25.6 Å². The number of likely N-dealkylation sites (tertiary alicyclic amines) is 1. The molecule has 7 nitrogen and oxygen atoms in total. The van der Waals surface area contributed by atoms with Gasteiger partial charge in [0.25, 0.3) is 6.43 Å². The molecule has 2 fully saturated rings. The maximum atomic E-state index is 13.9. The summed E-state index contributed by atoms with van der Waals surface area (Å²) in [5.41, 5.74) is 7.90. The average Bonchev–Trinajstić information content (AvgIpc) is 3.75. The molecule has 4 atom stereocenters. The number of allylic oxidation sites excluding steroid dienone is 1. The Morgan fingerprint density at radius 3 is 2.65 bits per heavy atom. The molecule has 210 valence electrons. The Morgan fingerprint density at radius 2 is 2.00 bits per heavy atom. The topological polar surface area (TPSA) is 80.7 Å². The molecule has 1 aromatic heterocycles. The van der Waals surface area contributed by atoms with E-state index < -0.39 is 18.0 Å². The predicted octanol–water partition coefficient (Wildman–Crippen LogP) is 1.17. The normalized spacial score (nSPS) is 22.4. The molecule has 11 heteroatoms. The fourth-order valence-electron chi connectivity index (χ4n) is 4.54. The van der Waals surface area contributed by atoms with E-state index in [1.807, 2.05) is 7.05 Å². The van der Waals surface area contributed by atoms with Crippen LogP contribution in [0.25, 0.3) is 10.9 Å². The second-order valence-electron chi connectivity index (χ2n) is 10.1. The molecule has 0 bridgehead atoms. The first-order chi connectivity index (χ1) is 18.8. The summed E-state index contributed by atoms with van der Waals surface area (Å²) < 4.78 is 33.4. The van der Waals surface area contributed by atoms with Crippen LogP contribution in [0, 0.1) is 35.5 Å². The summed E-state index contributed by atoms with van der Waals surface area (Å²) in [4.78, 5) is 8.27. The monoisotopic (exact) mass is 594 g/mol. The minimum atomic E-state index is -2.58. The number of alkyl halides is 2. The number of rotatable bonds is 8. The summed E-state index contributed by atoms with van der Waals surface area (Å²) in [5.74, 6) is 14.2. The van der Waals surface area contributed by atoms with E-state index in [0.29, 0.717) is 34.2 Å². The standard InChI is InChI=1S/C29H37F2N6OS.K/c1-33-27(12-10-19-7-8-19)39-29(32)35-24-16-34-21(11-9-20-6-5-13-36(2)17-20)14-22(24)23-15-25(28(30)31)37(3)18-26(23)38-4;/h14-16,18-20,25,27-29,33H,5-8,13,17,32H2,1-4H3;/q-1;+1. The molecule has 1 aromatic rings. The van der Waals surface area contributed by atoms with E-state index in [0.717, 1.165) is 38.8 Å². The molecule has 0 spiro atoms. The van der Waals surface area contributed by atoms with Crippen molar-refractivity contribution in [2.24, 2.45) is 17.6 Å². The van der Waals surface area contributed by atoms with E-state index in [-0.39, 0.29) is 62.7 Å². The van der Waals surface area contributed by atoms with Crippen LogP contribution in [0.15, 0.2) is 30.3 Å². The SMILES string of the molecule is CNC(C#CC1CC1)SC(N)[N-]c1cnc(C#CC2CCCN(C)C2)cc1C1=CC(C(F)F)N(C)C=C1OC.[K+]. The molecule has 4 rings (SSSR count). The van der Waals surface area contributed by atoms with Crippen molar-refractivity contribution in [1.29, 1.82) is 0 Å². The minimum absolute atomic E-state index is 0. The zero-order chi connectivity index (χ0) is 27.9. The number of piperidine rings is 1. The van der Waals surface area contributed by atoms with Gasteiger partial charge in [0.1, 0.15) is 22.9 Å². The molecule has 2 aliphatic heterocycles. The molecule has 1 saturated heterocycles. The Balaban J connectivity index is 0.00000441. The number of pyridine rings is 1. The summed E-state index contributed by atoms with van der Waals surface area (Å²) in [5, 5.41) is 7.70. The van der Waals surface area contributed by atoms with Crippen LogP contribution >= 0.6 is 11.8 Å². The van der Waals surface area contributed by atoms with Crippen molar-refractivity contribution in [2.45, 2.75) is 49.0 Å². The summed E-state index contributed by atoms with van der Waals surface area (Å²) in [6.45, 7) is 2.00. The molecule has 0 radical (unpaired) electrons. The first kappa shape index (κ1) is 33.4. The fourth-order valence-corrected chi connectivity index (χ4v) is 5.27. The van der Waals surface area contributed by atoms with Crippen LogP contribution < -0.4 is 62.4 Å². The van der Waals surface area contributed by atoms with Crippen LogP contribution in [-0.4, -0.2) is 79.5 Å². The number of hydrogen-bond donors (Lipinski definition) is 2. The van der Waals surface area contributed by atoms with Gasteiger partial charge in [-0.25, -0.2) is 13.8 Å². The van der Waals surface area contributed by atoms with Gasteiger partial charge in [-0.15, -0.1) is 17.4 Å². The third-order valence-corrected chi connectivity index (χ3v) is 7.88. The van der Waals surface area contributed by atoms with Gasteiger partial charge in [-0.3, -0.25) is 5.32 Å². The van der Waals surface area contributed by atoms with E-state index in [1.165, 1.54) is 29.8 Å². The average molecular weight is 595 g/mol. The van der Waals surface area contributed by atoms with E-state index >= 15 is 0 Å². The molecule has 1 saturated carbocycles. The molecule has 4 unspecified atom stereocenters. The smallest absolute Gasteiger partial charge is 0.660 e. The van der Waals surface area contributed by atoms with Crippen LogP contribution in [0.3, 0.4) is 0 Å². The van der Waals surface area contributed by atoms with E-state index in [1.54, 1.807) is 25.5 Å². The number of thioether (sulfide) groups is 1. The molecule has 1 aliphatic carbocycles. The van der Waals surface area contributed by atoms with Crippen molar-refractivity contribution < 1.29 is 64.9 Å². The Labute approximate surface area is 283 Å². The second-order valence-corrected chi connectivity index (χ2v) is 11.3. The molecular weight excluding hydrogens is 558 g/mol. The Morgan fingerprint density at radius 1 is 1.23 bits per heavy atom. The molecule has 40 heavy (non-hydrogen) atoms. The first-order valence-electron chi connectivity index (χ1n) is 13.3. The van der Waals surface area contributed by atoms with Gasteiger partial charge in [0.2, 0.25) is 0 Å². The molecule has 3 aliphatic rings. The zero-order valence-electron chi connectivity index (χ0n) is 24.0. The van der Waals surface area contributed by atoms with Gasteiger partial charge in [-0.2, -0.15) is 0 Å².